The van der Waals surface area contributed by atoms with Crippen molar-refractivity contribution in [1.29, 1.82) is 0 Å². The Kier molecular flexibility index (Phi) is 10.4. The summed E-state index contributed by atoms with van der Waals surface area (Å²) in [6.07, 6.45) is -3.31. The molecule has 1 fully saturated rings. The zero-order valence-electron chi connectivity index (χ0n) is 15.3. The van der Waals surface area contributed by atoms with Crippen LogP contribution < -0.4 is 0 Å². The number of hydrogen-bond acceptors (Lipinski definition) is 8. The maximum absolute atomic E-state index is 10.8. The molecule has 1 aliphatic heterocycles. The van der Waals surface area contributed by atoms with Gasteiger partial charge in [-0.25, -0.2) is 4.79 Å². The smallest absolute Gasteiger partial charge is 0.329 e. The SMILES string of the molecule is CO[C@@H]1[C@H](OCCO)[C@H](OCC(=O)O)O[C@H](COCC(C)C)[C@H]1OC. The van der Waals surface area contributed by atoms with Crippen molar-refractivity contribution in [1.82, 2.24) is 0 Å². The summed E-state index contributed by atoms with van der Waals surface area (Å²) in [5.41, 5.74) is 0. The average molecular weight is 366 g/mol. The van der Waals surface area contributed by atoms with Crippen molar-refractivity contribution in [3.05, 3.63) is 0 Å². The Hall–Kier alpha value is -0.810. The Balaban J connectivity index is 2.86. The lowest BCUT2D eigenvalue weighted by Gasteiger charge is -2.44. The van der Waals surface area contributed by atoms with Crippen molar-refractivity contribution in [2.24, 2.45) is 5.92 Å². The third kappa shape index (κ3) is 7.14. The minimum atomic E-state index is -1.13. The lowest BCUT2D eigenvalue weighted by Crippen LogP contribution is -2.61. The van der Waals surface area contributed by atoms with Crippen LogP contribution in [0.5, 0.6) is 0 Å². The third-order valence-corrected chi connectivity index (χ3v) is 3.64. The number of aliphatic hydroxyl groups is 1. The summed E-state index contributed by atoms with van der Waals surface area (Å²) in [7, 11) is 3.02. The van der Waals surface area contributed by atoms with Gasteiger partial charge in [0, 0.05) is 20.8 Å². The van der Waals surface area contributed by atoms with Crippen LogP contribution in [0.25, 0.3) is 0 Å². The highest BCUT2D eigenvalue weighted by molar-refractivity contribution is 5.68. The molecule has 1 heterocycles. The first-order valence-corrected chi connectivity index (χ1v) is 8.29. The van der Waals surface area contributed by atoms with Gasteiger partial charge >= 0.3 is 5.97 Å². The highest BCUT2D eigenvalue weighted by Gasteiger charge is 2.48. The van der Waals surface area contributed by atoms with Crippen LogP contribution >= 0.6 is 0 Å². The van der Waals surface area contributed by atoms with Crippen LogP contribution in [0.4, 0.5) is 0 Å². The van der Waals surface area contributed by atoms with E-state index in [0.29, 0.717) is 12.5 Å². The molecule has 2 N–H and O–H groups in total. The molecular weight excluding hydrogens is 336 g/mol. The van der Waals surface area contributed by atoms with Crippen LogP contribution in [0.2, 0.25) is 0 Å². The van der Waals surface area contributed by atoms with Crippen LogP contribution in [-0.4, -0.2) is 94.1 Å². The quantitative estimate of drug-likeness (QED) is 0.488. The first kappa shape index (κ1) is 22.2. The zero-order chi connectivity index (χ0) is 18.8. The molecule has 9 heteroatoms. The van der Waals surface area contributed by atoms with Gasteiger partial charge in [0.1, 0.15) is 31.0 Å². The number of carboxylic acids is 1. The molecule has 1 rings (SSSR count). The highest BCUT2D eigenvalue weighted by atomic mass is 16.7. The number of carbonyl (C=O) groups is 1. The van der Waals surface area contributed by atoms with Crippen molar-refractivity contribution in [3.63, 3.8) is 0 Å². The minimum absolute atomic E-state index is 0.0335. The maximum atomic E-state index is 10.8. The standard InChI is InChI=1S/C16H30O9/c1-10(2)7-22-8-11-13(20-3)14(21-4)15(23-6-5-17)16(25-11)24-9-12(18)19/h10-11,13-17H,5-9H2,1-4H3,(H,18,19)/t11-,13-,14+,15+,16-/m1/s1. The second kappa shape index (κ2) is 11.7. The van der Waals surface area contributed by atoms with Crippen molar-refractivity contribution in [2.75, 3.05) is 47.3 Å². The van der Waals surface area contributed by atoms with Crippen LogP contribution in [-0.2, 0) is 33.2 Å². The summed E-state index contributed by atoms with van der Waals surface area (Å²) in [6, 6.07) is 0. The number of carboxylic acid groups (broad SMARTS) is 1. The van der Waals surface area contributed by atoms with E-state index in [1.807, 2.05) is 13.8 Å². The van der Waals surface area contributed by atoms with E-state index in [1.165, 1.54) is 14.2 Å². The molecule has 5 atom stereocenters. The Labute approximate surface area is 148 Å². The molecule has 9 nitrogen and oxygen atoms in total. The number of methoxy groups -OCH3 is 2. The lowest BCUT2D eigenvalue weighted by molar-refractivity contribution is -0.317. The molecule has 0 saturated carbocycles. The predicted molar refractivity (Wildman–Crippen MR) is 86.3 cm³/mol. The van der Waals surface area contributed by atoms with Gasteiger partial charge in [-0.05, 0) is 5.92 Å². The Bertz CT molecular complexity index is 377. The fourth-order valence-corrected chi connectivity index (χ4v) is 2.64. The van der Waals surface area contributed by atoms with E-state index in [2.05, 4.69) is 0 Å². The van der Waals surface area contributed by atoms with Gasteiger partial charge in [-0.15, -0.1) is 0 Å². The number of rotatable bonds is 12. The molecule has 0 amide bonds. The fraction of sp³-hybridized carbons (Fsp3) is 0.938. The summed E-state index contributed by atoms with van der Waals surface area (Å²) < 4.78 is 33.4. The van der Waals surface area contributed by atoms with Gasteiger partial charge in [-0.1, -0.05) is 13.8 Å². The van der Waals surface area contributed by atoms with Crippen molar-refractivity contribution in [2.45, 2.75) is 44.6 Å². The minimum Gasteiger partial charge on any atom is -0.480 e. The van der Waals surface area contributed by atoms with E-state index in [1.54, 1.807) is 0 Å². The van der Waals surface area contributed by atoms with Gasteiger partial charge in [0.2, 0.25) is 0 Å². The second-order valence-electron chi connectivity index (χ2n) is 6.14. The molecule has 0 bridgehead atoms. The molecule has 148 valence electrons. The van der Waals surface area contributed by atoms with Gasteiger partial charge in [-0.2, -0.15) is 0 Å². The van der Waals surface area contributed by atoms with E-state index in [-0.39, 0.29) is 19.8 Å². The number of aliphatic hydroxyl groups excluding tert-OH is 1. The normalized spacial score (nSPS) is 29.9. The van der Waals surface area contributed by atoms with Crippen molar-refractivity contribution in [3.8, 4) is 0 Å². The van der Waals surface area contributed by atoms with E-state index < -0.39 is 43.3 Å². The molecule has 0 aromatic heterocycles. The summed E-state index contributed by atoms with van der Waals surface area (Å²) in [6.45, 7) is 4.16. The van der Waals surface area contributed by atoms with Gasteiger partial charge in [-0.3, -0.25) is 0 Å². The number of hydrogen-bond donors (Lipinski definition) is 2. The zero-order valence-corrected chi connectivity index (χ0v) is 15.3. The molecule has 0 aliphatic carbocycles. The first-order valence-electron chi connectivity index (χ1n) is 8.29. The van der Waals surface area contributed by atoms with Crippen LogP contribution in [0, 0.1) is 5.92 Å². The molecule has 0 radical (unpaired) electrons. The third-order valence-electron chi connectivity index (χ3n) is 3.64. The second-order valence-corrected chi connectivity index (χ2v) is 6.14. The van der Waals surface area contributed by atoms with Crippen molar-refractivity contribution >= 4 is 5.97 Å². The number of aliphatic carboxylic acids is 1. The van der Waals surface area contributed by atoms with E-state index in [0.717, 1.165) is 0 Å². The molecule has 1 aliphatic rings. The molecular formula is C16H30O9. The lowest BCUT2D eigenvalue weighted by atomic mass is 9.98. The van der Waals surface area contributed by atoms with E-state index in [9.17, 15) is 4.79 Å². The van der Waals surface area contributed by atoms with Crippen LogP contribution in [0.3, 0.4) is 0 Å². The molecule has 1 saturated heterocycles. The molecule has 25 heavy (non-hydrogen) atoms. The highest BCUT2D eigenvalue weighted by Crippen LogP contribution is 2.28. The Morgan fingerprint density at radius 1 is 1.12 bits per heavy atom. The van der Waals surface area contributed by atoms with Gasteiger partial charge in [0.25, 0.3) is 0 Å². The van der Waals surface area contributed by atoms with Gasteiger partial charge < -0.3 is 38.6 Å². The Morgan fingerprint density at radius 3 is 2.32 bits per heavy atom. The largest absolute Gasteiger partial charge is 0.480 e. The molecule has 0 aromatic rings. The number of ether oxygens (including phenoxy) is 6. The Morgan fingerprint density at radius 2 is 1.80 bits per heavy atom. The van der Waals surface area contributed by atoms with Crippen molar-refractivity contribution < 1.29 is 43.4 Å². The van der Waals surface area contributed by atoms with Gasteiger partial charge in [0.05, 0.1) is 19.8 Å². The van der Waals surface area contributed by atoms with Gasteiger partial charge in [0.15, 0.2) is 6.29 Å². The topological polar surface area (TPSA) is 113 Å². The van der Waals surface area contributed by atoms with Crippen LogP contribution in [0.15, 0.2) is 0 Å². The maximum Gasteiger partial charge on any atom is 0.329 e. The molecule has 0 aromatic carbocycles. The summed E-state index contributed by atoms with van der Waals surface area (Å²) >= 11 is 0. The molecule has 0 unspecified atom stereocenters. The van der Waals surface area contributed by atoms with E-state index in [4.69, 9.17) is 38.6 Å². The molecule has 0 spiro atoms. The summed E-state index contributed by atoms with van der Waals surface area (Å²) in [5.74, 6) is -0.762. The van der Waals surface area contributed by atoms with E-state index >= 15 is 0 Å². The fourth-order valence-electron chi connectivity index (χ4n) is 2.64. The van der Waals surface area contributed by atoms with Crippen LogP contribution in [0.1, 0.15) is 13.8 Å². The monoisotopic (exact) mass is 366 g/mol. The summed E-state index contributed by atoms with van der Waals surface area (Å²) in [5, 5.41) is 17.9. The first-order chi connectivity index (χ1) is 11.9. The average Bonchev–Trinajstić information content (AvgIpc) is 2.57. The summed E-state index contributed by atoms with van der Waals surface area (Å²) in [4.78, 5) is 10.8. The predicted octanol–water partition coefficient (Wildman–Crippen LogP) is -0.107.